The maximum absolute atomic E-state index is 8.96. The normalized spacial score (nSPS) is 11.0. The van der Waals surface area contributed by atoms with Crippen LogP contribution in [0.5, 0.6) is 0 Å². The van der Waals surface area contributed by atoms with Crippen molar-refractivity contribution < 1.29 is 0 Å². The SMILES string of the molecule is CCNC(=NCc1cccc(C#N)c1)NCc1csc(N(C)C)n1. The fraction of sp³-hybridized carbons (Fsp3) is 0.353. The Hall–Kier alpha value is -2.59. The molecule has 6 nitrogen and oxygen atoms in total. The summed E-state index contributed by atoms with van der Waals surface area (Å²) >= 11 is 1.62. The number of thiazole rings is 1. The minimum atomic E-state index is 0.519. The minimum Gasteiger partial charge on any atom is -0.357 e. The number of benzene rings is 1. The molecule has 0 saturated heterocycles. The Kier molecular flexibility index (Phi) is 6.58. The second-order valence-corrected chi connectivity index (χ2v) is 6.21. The van der Waals surface area contributed by atoms with Crippen LogP contribution in [0.3, 0.4) is 0 Å². The molecule has 126 valence electrons. The van der Waals surface area contributed by atoms with Crippen LogP contribution in [0.4, 0.5) is 5.13 Å². The van der Waals surface area contributed by atoms with Gasteiger partial charge >= 0.3 is 0 Å². The highest BCUT2D eigenvalue weighted by Crippen LogP contribution is 2.17. The van der Waals surface area contributed by atoms with Gasteiger partial charge in [0.1, 0.15) is 0 Å². The molecule has 0 aliphatic rings. The van der Waals surface area contributed by atoms with Gasteiger partial charge in [0, 0.05) is 26.0 Å². The lowest BCUT2D eigenvalue weighted by atomic mass is 10.1. The molecule has 0 saturated carbocycles. The third kappa shape index (κ3) is 5.25. The van der Waals surface area contributed by atoms with E-state index < -0.39 is 0 Å². The number of nitriles is 1. The zero-order chi connectivity index (χ0) is 17.4. The van der Waals surface area contributed by atoms with Crippen LogP contribution in [0.25, 0.3) is 0 Å². The molecule has 0 amide bonds. The molecule has 0 radical (unpaired) electrons. The number of aromatic nitrogens is 1. The van der Waals surface area contributed by atoms with Crippen molar-refractivity contribution in [3.8, 4) is 6.07 Å². The highest BCUT2D eigenvalue weighted by molar-refractivity contribution is 7.13. The van der Waals surface area contributed by atoms with E-state index >= 15 is 0 Å². The van der Waals surface area contributed by atoms with Crippen molar-refractivity contribution in [3.05, 3.63) is 46.5 Å². The molecule has 1 aromatic carbocycles. The van der Waals surface area contributed by atoms with E-state index in [1.54, 1.807) is 17.4 Å². The number of rotatable bonds is 6. The Balaban J connectivity index is 1.98. The third-order valence-corrected chi connectivity index (χ3v) is 4.24. The maximum Gasteiger partial charge on any atom is 0.191 e. The molecule has 2 rings (SSSR count). The van der Waals surface area contributed by atoms with E-state index in [0.29, 0.717) is 18.7 Å². The average Bonchev–Trinajstić information content (AvgIpc) is 3.07. The Morgan fingerprint density at radius 3 is 2.88 bits per heavy atom. The van der Waals surface area contributed by atoms with Gasteiger partial charge in [-0.3, -0.25) is 0 Å². The molecule has 2 N–H and O–H groups in total. The molecule has 0 atom stereocenters. The van der Waals surface area contributed by atoms with Crippen molar-refractivity contribution in [2.45, 2.75) is 20.0 Å². The van der Waals surface area contributed by atoms with Crippen molar-refractivity contribution in [1.82, 2.24) is 15.6 Å². The van der Waals surface area contributed by atoms with Gasteiger partial charge in [-0.25, -0.2) is 9.98 Å². The van der Waals surface area contributed by atoms with Gasteiger partial charge in [-0.05, 0) is 24.6 Å². The molecule has 2 aromatic rings. The number of hydrogen-bond donors (Lipinski definition) is 2. The minimum absolute atomic E-state index is 0.519. The molecule has 7 heteroatoms. The standard InChI is InChI=1S/C17H22N6S/c1-4-19-16(20-10-14-7-5-6-13(8-14)9-18)21-11-15-12-24-17(22-15)23(2)3/h5-8,12H,4,10-11H2,1-3H3,(H2,19,20,21). The molecule has 1 heterocycles. The average molecular weight is 342 g/mol. The number of hydrogen-bond acceptors (Lipinski definition) is 5. The fourth-order valence-corrected chi connectivity index (χ4v) is 2.77. The second kappa shape index (κ2) is 8.89. The van der Waals surface area contributed by atoms with Gasteiger partial charge < -0.3 is 15.5 Å². The van der Waals surface area contributed by atoms with E-state index in [4.69, 9.17) is 5.26 Å². The van der Waals surface area contributed by atoms with Crippen LogP contribution in [0.15, 0.2) is 34.6 Å². The molecule has 0 fully saturated rings. The van der Waals surface area contributed by atoms with E-state index in [1.165, 1.54) is 0 Å². The number of guanidine groups is 1. The van der Waals surface area contributed by atoms with E-state index in [1.807, 2.05) is 49.5 Å². The lowest BCUT2D eigenvalue weighted by Crippen LogP contribution is -2.36. The lowest BCUT2D eigenvalue weighted by Gasteiger charge is -2.10. The van der Waals surface area contributed by atoms with Gasteiger partial charge in [-0.1, -0.05) is 12.1 Å². The summed E-state index contributed by atoms with van der Waals surface area (Å²) in [7, 11) is 3.97. The quantitative estimate of drug-likeness (QED) is 0.622. The first-order valence-corrected chi connectivity index (χ1v) is 8.63. The predicted octanol–water partition coefficient (Wildman–Crippen LogP) is 2.34. The molecule has 0 spiro atoms. The summed E-state index contributed by atoms with van der Waals surface area (Å²) in [4.78, 5) is 11.1. The van der Waals surface area contributed by atoms with Crippen molar-refractivity contribution >= 4 is 22.4 Å². The van der Waals surface area contributed by atoms with Gasteiger partial charge in [-0.15, -0.1) is 11.3 Å². The largest absolute Gasteiger partial charge is 0.357 e. The van der Waals surface area contributed by atoms with Crippen molar-refractivity contribution in [1.29, 1.82) is 5.26 Å². The van der Waals surface area contributed by atoms with E-state index in [0.717, 1.165) is 28.9 Å². The lowest BCUT2D eigenvalue weighted by molar-refractivity contribution is 0.803. The van der Waals surface area contributed by atoms with Crippen LogP contribution < -0.4 is 15.5 Å². The van der Waals surface area contributed by atoms with Crippen LogP contribution in [-0.4, -0.2) is 31.6 Å². The smallest absolute Gasteiger partial charge is 0.191 e. The van der Waals surface area contributed by atoms with Crippen LogP contribution in [0.1, 0.15) is 23.7 Å². The highest BCUT2D eigenvalue weighted by Gasteiger charge is 2.05. The van der Waals surface area contributed by atoms with Gasteiger partial charge in [0.05, 0.1) is 30.4 Å². The summed E-state index contributed by atoms with van der Waals surface area (Å²) < 4.78 is 0. The zero-order valence-corrected chi connectivity index (χ0v) is 15.0. The fourth-order valence-electron chi connectivity index (χ4n) is 2.01. The van der Waals surface area contributed by atoms with Gasteiger partial charge in [-0.2, -0.15) is 5.26 Å². The van der Waals surface area contributed by atoms with Gasteiger partial charge in [0.15, 0.2) is 11.1 Å². The first-order valence-electron chi connectivity index (χ1n) is 7.75. The summed E-state index contributed by atoms with van der Waals surface area (Å²) in [6, 6.07) is 9.65. The first-order chi connectivity index (χ1) is 11.6. The zero-order valence-electron chi connectivity index (χ0n) is 14.2. The number of anilines is 1. The number of nitrogens with one attached hydrogen (secondary N) is 2. The molecule has 1 aromatic heterocycles. The molecular weight excluding hydrogens is 320 g/mol. The summed E-state index contributed by atoms with van der Waals surface area (Å²) in [6.07, 6.45) is 0. The monoisotopic (exact) mass is 342 g/mol. The van der Waals surface area contributed by atoms with E-state index in [9.17, 15) is 0 Å². The Morgan fingerprint density at radius 2 is 2.21 bits per heavy atom. The predicted molar refractivity (Wildman–Crippen MR) is 99.3 cm³/mol. The van der Waals surface area contributed by atoms with E-state index in [2.05, 4.69) is 26.7 Å². The summed E-state index contributed by atoms with van der Waals surface area (Å²) in [5, 5.41) is 18.5. The topological polar surface area (TPSA) is 76.3 Å². The molecule has 0 bridgehead atoms. The van der Waals surface area contributed by atoms with Crippen LogP contribution in [0.2, 0.25) is 0 Å². The van der Waals surface area contributed by atoms with Gasteiger partial charge in [0.25, 0.3) is 0 Å². The Labute approximate surface area is 146 Å². The van der Waals surface area contributed by atoms with Gasteiger partial charge in [0.2, 0.25) is 0 Å². The molecule has 0 aliphatic heterocycles. The Bertz CT molecular complexity index is 729. The molecular formula is C17H22N6S. The summed E-state index contributed by atoms with van der Waals surface area (Å²) in [5.74, 6) is 0.735. The summed E-state index contributed by atoms with van der Waals surface area (Å²) in [5.41, 5.74) is 2.65. The van der Waals surface area contributed by atoms with Crippen LogP contribution in [0, 0.1) is 11.3 Å². The summed E-state index contributed by atoms with van der Waals surface area (Å²) in [6.45, 7) is 3.95. The van der Waals surface area contributed by atoms with Crippen LogP contribution in [-0.2, 0) is 13.1 Å². The van der Waals surface area contributed by atoms with E-state index in [-0.39, 0.29) is 0 Å². The highest BCUT2D eigenvalue weighted by atomic mass is 32.1. The second-order valence-electron chi connectivity index (χ2n) is 5.38. The van der Waals surface area contributed by atoms with Crippen LogP contribution >= 0.6 is 11.3 Å². The first kappa shape index (κ1) is 17.8. The molecule has 24 heavy (non-hydrogen) atoms. The van der Waals surface area contributed by atoms with Crippen molar-refractivity contribution in [2.24, 2.45) is 4.99 Å². The molecule has 0 aliphatic carbocycles. The number of aliphatic imine (C=N–C) groups is 1. The van der Waals surface area contributed by atoms with Crippen molar-refractivity contribution in [3.63, 3.8) is 0 Å². The van der Waals surface area contributed by atoms with Crippen molar-refractivity contribution in [2.75, 3.05) is 25.5 Å². The Morgan fingerprint density at radius 1 is 1.38 bits per heavy atom. The third-order valence-electron chi connectivity index (χ3n) is 3.18. The number of nitrogens with zero attached hydrogens (tertiary/aromatic N) is 4. The maximum atomic E-state index is 8.96. The molecule has 0 unspecified atom stereocenters.